The normalized spacial score (nSPS) is 13.4. The summed E-state index contributed by atoms with van der Waals surface area (Å²) in [5.41, 5.74) is 0. The molecular weight excluding hydrogens is 1000 g/mol. The highest BCUT2D eigenvalue weighted by atomic mass is 31.2. The second kappa shape index (κ2) is 60.8. The minimum absolute atomic E-state index is 0.166. The zero-order chi connectivity index (χ0) is 56.9. The van der Waals surface area contributed by atoms with Crippen LogP contribution in [-0.2, 0) is 42.2 Å². The van der Waals surface area contributed by atoms with Crippen LogP contribution in [0.1, 0.15) is 329 Å². The van der Waals surface area contributed by atoms with Crippen LogP contribution < -0.4 is 0 Å². The average Bonchev–Trinajstić information content (AvgIpc) is 3.43. The third kappa shape index (κ3) is 58.4. The van der Waals surface area contributed by atoms with Crippen LogP contribution in [0.25, 0.3) is 0 Å². The van der Waals surface area contributed by atoms with Crippen molar-refractivity contribution in [2.24, 2.45) is 0 Å². The first kappa shape index (κ1) is 75.7. The smallest absolute Gasteiger partial charge is 0.462 e. The Kier molecular flexibility index (Phi) is 59.0. The quantitative estimate of drug-likeness (QED) is 0.0197. The molecule has 12 heteroatoms. The van der Waals surface area contributed by atoms with E-state index in [4.69, 9.17) is 23.3 Å². The molecule has 0 aromatic heterocycles. The Morgan fingerprint density at radius 3 is 1.01 bits per heavy atom. The van der Waals surface area contributed by atoms with Gasteiger partial charge in [-0.15, -0.1) is 0 Å². The van der Waals surface area contributed by atoms with Gasteiger partial charge in [0.05, 0.1) is 19.8 Å². The van der Waals surface area contributed by atoms with Gasteiger partial charge in [0.25, 0.3) is 0 Å². The molecule has 3 atom stereocenters. The number of esters is 3. The molecule has 0 aliphatic heterocycles. The van der Waals surface area contributed by atoms with Gasteiger partial charge in [0.2, 0.25) is 0 Å². The molecule has 0 radical (unpaired) electrons. The molecule has 11 nitrogen and oxygen atoms in total. The van der Waals surface area contributed by atoms with Crippen LogP contribution in [0.4, 0.5) is 0 Å². The van der Waals surface area contributed by atoms with Crippen LogP contribution in [0.5, 0.6) is 0 Å². The maximum absolute atomic E-state index is 13.0. The predicted molar refractivity (Wildman–Crippen MR) is 326 cm³/mol. The molecule has 0 aliphatic carbocycles. The average molecular weight is 1120 g/mol. The number of hydrogen-bond acceptors (Lipinski definition) is 10. The summed E-state index contributed by atoms with van der Waals surface area (Å²) in [4.78, 5) is 48.7. The number of carbonyl (C=O) groups excluding carboxylic acids is 3. The van der Waals surface area contributed by atoms with E-state index in [1.807, 2.05) is 0 Å². The molecule has 0 fully saturated rings. The number of phosphoric acid groups is 1. The van der Waals surface area contributed by atoms with Crippen molar-refractivity contribution in [1.29, 1.82) is 0 Å². The second-order valence-electron chi connectivity index (χ2n) is 22.3. The van der Waals surface area contributed by atoms with E-state index < -0.39 is 57.8 Å². The lowest BCUT2D eigenvalue weighted by Crippen LogP contribution is -2.30. The SMILES string of the molecule is CCC/C=C\C/C=C\CCCCCCCC(=O)OCC(COP(=O)(O)OCC(CO)OC(=O)CCCCCCCCCCCCCCCCCCCCC)OC(=O)CCCCCCCCCCC/C=C\CCCCCCCC. The number of aliphatic hydroxyl groups is 1. The van der Waals surface area contributed by atoms with E-state index >= 15 is 0 Å². The number of carbonyl (C=O) groups is 3. The molecule has 0 rings (SSSR count). The standard InChI is InChI=1S/C66H123O11P/c1-4-7-10-13-16-19-22-25-27-29-31-33-35-38-41-44-47-50-53-56-65(69)76-62(58-67)60-74-78(71,72)75-61-63(59-73-64(68)55-52-49-46-43-40-37-24-21-18-15-12-9-6-3)77-66(70)57-54-51-48-45-42-39-36-34-32-30-28-26-23-20-17-14-11-8-5-2/h12,15,21,24,26,28,62-63,67H,4-11,13-14,16-20,22-23,25,27,29-61H2,1-3H3,(H,71,72)/b15-12-,24-21-,28-26-. The molecular formula is C66H123O11P. The Balaban J connectivity index is 4.60. The first-order chi connectivity index (χ1) is 38.2. The van der Waals surface area contributed by atoms with Crippen molar-refractivity contribution in [2.75, 3.05) is 26.4 Å². The maximum atomic E-state index is 13.0. The number of rotatable bonds is 62. The highest BCUT2D eigenvalue weighted by Crippen LogP contribution is 2.43. The van der Waals surface area contributed by atoms with E-state index in [1.54, 1.807) is 0 Å². The molecule has 0 saturated heterocycles. The summed E-state index contributed by atoms with van der Waals surface area (Å²) < 4.78 is 39.7. The van der Waals surface area contributed by atoms with Gasteiger partial charge in [-0.3, -0.25) is 23.4 Å². The maximum Gasteiger partial charge on any atom is 0.472 e. The molecule has 0 bridgehead atoms. The number of aliphatic hydroxyl groups excluding tert-OH is 1. The summed E-state index contributed by atoms with van der Waals surface area (Å²) in [7, 11) is -4.75. The third-order valence-corrected chi connectivity index (χ3v) is 15.5. The number of hydrogen-bond donors (Lipinski definition) is 2. The fourth-order valence-electron chi connectivity index (χ4n) is 9.51. The van der Waals surface area contributed by atoms with Crippen molar-refractivity contribution >= 4 is 25.7 Å². The highest BCUT2D eigenvalue weighted by molar-refractivity contribution is 7.47. The summed E-state index contributed by atoms with van der Waals surface area (Å²) in [6, 6.07) is 0. The van der Waals surface area contributed by atoms with Crippen LogP contribution in [0.3, 0.4) is 0 Å². The van der Waals surface area contributed by atoms with E-state index in [0.29, 0.717) is 19.3 Å². The van der Waals surface area contributed by atoms with Gasteiger partial charge in [-0.05, 0) is 70.6 Å². The van der Waals surface area contributed by atoms with Gasteiger partial charge >= 0.3 is 25.7 Å². The molecule has 0 aromatic carbocycles. The van der Waals surface area contributed by atoms with E-state index in [2.05, 4.69) is 57.2 Å². The van der Waals surface area contributed by atoms with E-state index in [9.17, 15) is 28.9 Å². The number of allylic oxidation sites excluding steroid dienone is 6. The second-order valence-corrected chi connectivity index (χ2v) is 23.7. The number of ether oxygens (including phenoxy) is 3. The molecule has 0 amide bonds. The Hall–Kier alpha value is -2.30. The van der Waals surface area contributed by atoms with Gasteiger partial charge in [-0.1, -0.05) is 276 Å². The molecule has 2 N–H and O–H groups in total. The van der Waals surface area contributed by atoms with Crippen LogP contribution in [0.2, 0.25) is 0 Å². The van der Waals surface area contributed by atoms with E-state index in [1.165, 1.54) is 186 Å². The minimum atomic E-state index is -4.75. The Morgan fingerprint density at radius 2 is 0.654 bits per heavy atom. The summed E-state index contributed by atoms with van der Waals surface area (Å²) in [6.45, 7) is 4.63. The zero-order valence-corrected chi connectivity index (χ0v) is 51.8. The Morgan fingerprint density at radius 1 is 0.359 bits per heavy atom. The van der Waals surface area contributed by atoms with Crippen molar-refractivity contribution < 1.29 is 52.2 Å². The van der Waals surface area contributed by atoms with E-state index in [-0.39, 0.29) is 25.9 Å². The Bertz CT molecular complexity index is 1450. The largest absolute Gasteiger partial charge is 0.472 e. The van der Waals surface area contributed by atoms with Gasteiger partial charge < -0.3 is 24.2 Å². The van der Waals surface area contributed by atoms with Crippen molar-refractivity contribution in [2.45, 2.75) is 341 Å². The summed E-state index contributed by atoms with van der Waals surface area (Å²) in [5, 5.41) is 9.86. The number of phosphoric ester groups is 1. The molecule has 78 heavy (non-hydrogen) atoms. The van der Waals surface area contributed by atoms with Gasteiger partial charge in [-0.25, -0.2) is 4.57 Å². The third-order valence-electron chi connectivity index (χ3n) is 14.5. The predicted octanol–water partition coefficient (Wildman–Crippen LogP) is 19.9. The lowest BCUT2D eigenvalue weighted by molar-refractivity contribution is -0.161. The van der Waals surface area contributed by atoms with Crippen LogP contribution in [0.15, 0.2) is 36.5 Å². The van der Waals surface area contributed by atoms with Gasteiger partial charge in [0.15, 0.2) is 6.10 Å². The van der Waals surface area contributed by atoms with Crippen molar-refractivity contribution in [3.8, 4) is 0 Å². The summed E-state index contributed by atoms with van der Waals surface area (Å²) >= 11 is 0. The first-order valence-electron chi connectivity index (χ1n) is 32.9. The molecule has 458 valence electrons. The minimum Gasteiger partial charge on any atom is -0.462 e. The van der Waals surface area contributed by atoms with Crippen molar-refractivity contribution in [3.63, 3.8) is 0 Å². The fraction of sp³-hybridized carbons (Fsp3) is 0.864. The van der Waals surface area contributed by atoms with Gasteiger partial charge in [0, 0.05) is 19.3 Å². The van der Waals surface area contributed by atoms with Crippen LogP contribution >= 0.6 is 7.82 Å². The van der Waals surface area contributed by atoms with Crippen LogP contribution in [-0.4, -0.2) is 66.5 Å². The molecule has 3 unspecified atom stereocenters. The Labute approximate surface area is 480 Å². The topological polar surface area (TPSA) is 155 Å². The van der Waals surface area contributed by atoms with Crippen molar-refractivity contribution in [3.05, 3.63) is 36.5 Å². The number of unbranched alkanes of at least 4 members (excludes halogenated alkanes) is 39. The first-order valence-corrected chi connectivity index (χ1v) is 34.4. The molecule has 0 heterocycles. The van der Waals surface area contributed by atoms with Gasteiger partial charge in [-0.2, -0.15) is 0 Å². The fourth-order valence-corrected chi connectivity index (χ4v) is 10.3. The lowest BCUT2D eigenvalue weighted by Gasteiger charge is -2.21. The van der Waals surface area contributed by atoms with Gasteiger partial charge in [0.1, 0.15) is 12.7 Å². The highest BCUT2D eigenvalue weighted by Gasteiger charge is 2.28. The monoisotopic (exact) mass is 1120 g/mol. The van der Waals surface area contributed by atoms with Crippen molar-refractivity contribution in [1.82, 2.24) is 0 Å². The molecule has 0 saturated carbocycles. The van der Waals surface area contributed by atoms with E-state index in [0.717, 1.165) is 83.5 Å². The summed E-state index contributed by atoms with van der Waals surface area (Å²) in [5.74, 6) is -1.46. The molecule has 0 spiro atoms. The molecule has 0 aromatic rings. The summed E-state index contributed by atoms with van der Waals surface area (Å²) in [6.07, 6.45) is 65.3. The van der Waals surface area contributed by atoms with Crippen LogP contribution in [0, 0.1) is 0 Å². The zero-order valence-electron chi connectivity index (χ0n) is 50.9. The molecule has 0 aliphatic rings. The lowest BCUT2D eigenvalue weighted by atomic mass is 10.0.